The monoisotopic (exact) mass is 281 g/mol. The van der Waals surface area contributed by atoms with Crippen molar-refractivity contribution in [2.75, 3.05) is 0 Å². The van der Waals surface area contributed by atoms with Crippen molar-refractivity contribution in [3.63, 3.8) is 0 Å². The first kappa shape index (κ1) is 12.9. The van der Waals surface area contributed by atoms with E-state index in [1.807, 2.05) is 6.07 Å². The molecule has 104 valence electrons. The van der Waals surface area contributed by atoms with Gasteiger partial charge in [0, 0.05) is 31.3 Å². The van der Waals surface area contributed by atoms with E-state index in [4.69, 9.17) is 4.42 Å². The molecule has 0 bridgehead atoms. The summed E-state index contributed by atoms with van der Waals surface area (Å²) in [5, 5.41) is 10.3. The highest BCUT2D eigenvalue weighted by atomic mass is 16.4. The molecule has 3 heterocycles. The van der Waals surface area contributed by atoms with Crippen LogP contribution in [0.25, 0.3) is 11.5 Å². The van der Waals surface area contributed by atoms with Gasteiger partial charge in [0.15, 0.2) is 0 Å². The highest BCUT2D eigenvalue weighted by Crippen LogP contribution is 2.15. The Kier molecular flexibility index (Phi) is 3.64. The van der Waals surface area contributed by atoms with E-state index in [1.165, 1.54) is 0 Å². The van der Waals surface area contributed by atoms with E-state index in [1.54, 1.807) is 43.0 Å². The van der Waals surface area contributed by atoms with Gasteiger partial charge in [-0.1, -0.05) is 6.07 Å². The van der Waals surface area contributed by atoms with Crippen LogP contribution < -0.4 is 5.32 Å². The minimum atomic E-state index is -0.429. The summed E-state index contributed by atoms with van der Waals surface area (Å²) in [6.07, 6.45) is 6.57. The molecule has 0 fully saturated rings. The Morgan fingerprint density at radius 1 is 1.10 bits per heavy atom. The van der Waals surface area contributed by atoms with E-state index >= 15 is 0 Å². The van der Waals surface area contributed by atoms with Crippen LogP contribution in [0, 0.1) is 0 Å². The molecule has 0 atom stereocenters. The summed E-state index contributed by atoms with van der Waals surface area (Å²) in [6, 6.07) is 7.19. The van der Waals surface area contributed by atoms with Crippen LogP contribution in [-0.4, -0.2) is 26.1 Å². The fourth-order valence-corrected chi connectivity index (χ4v) is 1.68. The van der Waals surface area contributed by atoms with E-state index in [2.05, 4.69) is 25.5 Å². The second-order valence-electron chi connectivity index (χ2n) is 4.20. The third-order valence-corrected chi connectivity index (χ3v) is 2.70. The summed E-state index contributed by atoms with van der Waals surface area (Å²) < 4.78 is 5.33. The zero-order chi connectivity index (χ0) is 14.5. The van der Waals surface area contributed by atoms with E-state index < -0.39 is 5.91 Å². The van der Waals surface area contributed by atoms with Crippen LogP contribution in [-0.2, 0) is 6.54 Å². The van der Waals surface area contributed by atoms with Gasteiger partial charge in [0.05, 0.1) is 5.56 Å². The molecule has 0 aromatic carbocycles. The zero-order valence-electron chi connectivity index (χ0n) is 10.9. The van der Waals surface area contributed by atoms with Gasteiger partial charge in [-0.3, -0.25) is 14.8 Å². The summed E-state index contributed by atoms with van der Waals surface area (Å²) in [5.41, 5.74) is 1.55. The molecule has 7 heteroatoms. The number of rotatable bonds is 4. The largest absolute Gasteiger partial charge is 0.412 e. The average Bonchev–Trinajstić information content (AvgIpc) is 3.04. The Hall–Kier alpha value is -3.09. The van der Waals surface area contributed by atoms with Crippen molar-refractivity contribution >= 4 is 5.91 Å². The Morgan fingerprint density at radius 3 is 2.62 bits per heavy atom. The van der Waals surface area contributed by atoms with Crippen molar-refractivity contribution in [2.24, 2.45) is 0 Å². The molecule has 0 aliphatic carbocycles. The smallest absolute Gasteiger partial charge is 0.309 e. The van der Waals surface area contributed by atoms with Crippen molar-refractivity contribution < 1.29 is 9.21 Å². The maximum Gasteiger partial charge on any atom is 0.309 e. The van der Waals surface area contributed by atoms with Crippen LogP contribution in [0.1, 0.15) is 16.2 Å². The van der Waals surface area contributed by atoms with Crippen LogP contribution in [0.15, 0.2) is 53.5 Å². The van der Waals surface area contributed by atoms with E-state index in [0.717, 1.165) is 5.56 Å². The van der Waals surface area contributed by atoms with E-state index in [0.29, 0.717) is 12.1 Å². The molecular weight excluding hydrogens is 270 g/mol. The molecular formula is C14H11N5O2. The van der Waals surface area contributed by atoms with Gasteiger partial charge in [-0.15, -0.1) is 10.2 Å². The predicted octanol–water partition coefficient (Wildman–Crippen LogP) is 1.46. The zero-order valence-corrected chi connectivity index (χ0v) is 10.9. The molecule has 7 nitrogen and oxygen atoms in total. The van der Waals surface area contributed by atoms with Gasteiger partial charge in [0.1, 0.15) is 0 Å². The van der Waals surface area contributed by atoms with E-state index in [9.17, 15) is 4.79 Å². The molecule has 21 heavy (non-hydrogen) atoms. The lowest BCUT2D eigenvalue weighted by molar-refractivity contribution is 0.0917. The maximum absolute atomic E-state index is 11.9. The first-order chi connectivity index (χ1) is 10.3. The van der Waals surface area contributed by atoms with Crippen LogP contribution in [0.2, 0.25) is 0 Å². The van der Waals surface area contributed by atoms with Gasteiger partial charge in [-0.05, 0) is 23.8 Å². The molecule has 0 unspecified atom stereocenters. The molecule has 0 aliphatic rings. The van der Waals surface area contributed by atoms with Gasteiger partial charge in [0.25, 0.3) is 0 Å². The molecule has 0 spiro atoms. The lowest BCUT2D eigenvalue weighted by Crippen LogP contribution is -2.23. The molecule has 0 aliphatic heterocycles. The standard InChI is InChI=1S/C14H11N5O2/c20-12(17-8-10-3-1-5-15-7-10)14-19-18-13(21-14)11-4-2-6-16-9-11/h1-7,9H,8H2,(H,17,20). The molecule has 0 radical (unpaired) electrons. The summed E-state index contributed by atoms with van der Waals surface area (Å²) in [5.74, 6) is -0.256. The summed E-state index contributed by atoms with van der Waals surface area (Å²) in [6.45, 7) is 0.345. The molecule has 3 rings (SSSR count). The lowest BCUT2D eigenvalue weighted by Gasteiger charge is -2.01. The van der Waals surface area contributed by atoms with Crippen molar-refractivity contribution in [3.8, 4) is 11.5 Å². The minimum Gasteiger partial charge on any atom is -0.412 e. The highest BCUT2D eigenvalue weighted by molar-refractivity contribution is 5.89. The molecule has 1 N–H and O–H groups in total. The average molecular weight is 281 g/mol. The minimum absolute atomic E-state index is 0.0854. The van der Waals surface area contributed by atoms with Gasteiger partial charge in [-0.2, -0.15) is 0 Å². The third kappa shape index (κ3) is 3.08. The van der Waals surface area contributed by atoms with Gasteiger partial charge in [-0.25, -0.2) is 0 Å². The Balaban J connectivity index is 1.67. The summed E-state index contributed by atoms with van der Waals surface area (Å²) >= 11 is 0. The second-order valence-corrected chi connectivity index (χ2v) is 4.20. The second kappa shape index (κ2) is 5.91. The fourth-order valence-electron chi connectivity index (χ4n) is 1.68. The Bertz CT molecular complexity index is 727. The number of carbonyl (C=O) groups is 1. The SMILES string of the molecule is O=C(NCc1cccnc1)c1nnc(-c2cccnc2)o1. The first-order valence-corrected chi connectivity index (χ1v) is 6.24. The molecule has 3 aromatic rings. The molecule has 1 amide bonds. The van der Waals surface area contributed by atoms with Gasteiger partial charge < -0.3 is 9.73 Å². The number of pyridine rings is 2. The van der Waals surface area contributed by atoms with Crippen LogP contribution >= 0.6 is 0 Å². The molecule has 3 aromatic heterocycles. The Labute approximate surface area is 120 Å². The topological polar surface area (TPSA) is 93.8 Å². The number of carbonyl (C=O) groups excluding carboxylic acids is 1. The number of hydrogen-bond acceptors (Lipinski definition) is 6. The first-order valence-electron chi connectivity index (χ1n) is 6.24. The van der Waals surface area contributed by atoms with Crippen LogP contribution in [0.3, 0.4) is 0 Å². The predicted molar refractivity (Wildman–Crippen MR) is 72.9 cm³/mol. The van der Waals surface area contributed by atoms with Gasteiger partial charge >= 0.3 is 11.8 Å². The molecule has 0 saturated carbocycles. The number of hydrogen-bond donors (Lipinski definition) is 1. The van der Waals surface area contributed by atoms with Crippen molar-refractivity contribution in [1.29, 1.82) is 0 Å². The number of nitrogens with zero attached hydrogens (tertiary/aromatic N) is 4. The van der Waals surface area contributed by atoms with E-state index in [-0.39, 0.29) is 11.8 Å². The molecule has 0 saturated heterocycles. The maximum atomic E-state index is 11.9. The quantitative estimate of drug-likeness (QED) is 0.778. The summed E-state index contributed by atoms with van der Waals surface area (Å²) in [7, 11) is 0. The van der Waals surface area contributed by atoms with Crippen LogP contribution in [0.4, 0.5) is 0 Å². The number of amides is 1. The van der Waals surface area contributed by atoms with Crippen molar-refractivity contribution in [2.45, 2.75) is 6.54 Å². The van der Waals surface area contributed by atoms with Gasteiger partial charge in [0.2, 0.25) is 5.89 Å². The Morgan fingerprint density at radius 2 is 1.90 bits per heavy atom. The fraction of sp³-hybridized carbons (Fsp3) is 0.0714. The van der Waals surface area contributed by atoms with Crippen molar-refractivity contribution in [1.82, 2.24) is 25.5 Å². The lowest BCUT2D eigenvalue weighted by atomic mass is 10.3. The number of aromatic nitrogens is 4. The number of nitrogens with one attached hydrogen (secondary N) is 1. The normalized spacial score (nSPS) is 10.3. The van der Waals surface area contributed by atoms with Crippen molar-refractivity contribution in [3.05, 3.63) is 60.5 Å². The summed E-state index contributed by atoms with van der Waals surface area (Å²) in [4.78, 5) is 19.8. The third-order valence-electron chi connectivity index (χ3n) is 2.70. The highest BCUT2D eigenvalue weighted by Gasteiger charge is 2.15. The van der Waals surface area contributed by atoms with Crippen LogP contribution in [0.5, 0.6) is 0 Å².